The molecule has 0 aliphatic heterocycles. The number of Topliss-reactive ketones (excluding diaryl/α,β-unsaturated/α-hetero) is 1. The van der Waals surface area contributed by atoms with Crippen LogP contribution >= 0.6 is 23.1 Å². The summed E-state index contributed by atoms with van der Waals surface area (Å²) in [5, 5.41) is 14.9. The van der Waals surface area contributed by atoms with Gasteiger partial charge in [0.25, 0.3) is 0 Å². The lowest BCUT2D eigenvalue weighted by Crippen LogP contribution is -2.15. The monoisotopic (exact) mass is 315 g/mol. The smallest absolute Gasteiger partial charge is 0.216 e. The van der Waals surface area contributed by atoms with E-state index in [1.165, 1.54) is 23.1 Å². The first-order valence-electron chi connectivity index (χ1n) is 6.15. The van der Waals surface area contributed by atoms with E-state index in [0.29, 0.717) is 16.5 Å². The summed E-state index contributed by atoms with van der Waals surface area (Å²) in [5.41, 5.74) is 1.14. The first-order valence-corrected chi connectivity index (χ1v) is 8.26. The van der Waals surface area contributed by atoms with Crippen molar-refractivity contribution in [2.24, 2.45) is 0 Å². The number of thiophene rings is 1. The van der Waals surface area contributed by atoms with Crippen molar-refractivity contribution in [2.45, 2.75) is 6.54 Å². The number of ketones is 1. The Morgan fingerprint density at radius 2 is 2.33 bits per heavy atom. The first kappa shape index (κ1) is 15.3. The zero-order valence-corrected chi connectivity index (χ0v) is 13.0. The molecule has 2 aromatic heterocycles. The van der Waals surface area contributed by atoms with Crippen molar-refractivity contribution < 1.29 is 4.79 Å². The van der Waals surface area contributed by atoms with Crippen LogP contribution in [-0.2, 0) is 6.54 Å². The van der Waals surface area contributed by atoms with Gasteiger partial charge in [0.15, 0.2) is 0 Å². The Hall–Kier alpha value is -2.10. The molecule has 0 saturated carbocycles. The third-order valence-electron chi connectivity index (χ3n) is 2.69. The Balaban J connectivity index is 2.19. The van der Waals surface area contributed by atoms with Crippen molar-refractivity contribution in [1.29, 1.82) is 5.26 Å². The van der Waals surface area contributed by atoms with Gasteiger partial charge in [-0.2, -0.15) is 5.26 Å². The van der Waals surface area contributed by atoms with Crippen LogP contribution in [0.2, 0.25) is 0 Å². The van der Waals surface area contributed by atoms with Crippen molar-refractivity contribution in [3.8, 4) is 6.07 Å². The van der Waals surface area contributed by atoms with Crippen LogP contribution in [0, 0.1) is 11.3 Å². The molecule has 0 bridgehead atoms. The number of rotatable bonds is 6. The number of aromatic nitrogens is 1. The molecule has 21 heavy (non-hydrogen) atoms. The van der Waals surface area contributed by atoms with Crippen molar-refractivity contribution in [3.63, 3.8) is 0 Å². The van der Waals surface area contributed by atoms with E-state index < -0.39 is 0 Å². The lowest BCUT2D eigenvalue weighted by Gasteiger charge is -2.10. The van der Waals surface area contributed by atoms with E-state index in [9.17, 15) is 10.1 Å². The second-order valence-electron chi connectivity index (χ2n) is 4.04. The van der Waals surface area contributed by atoms with Gasteiger partial charge in [-0.1, -0.05) is 12.1 Å². The van der Waals surface area contributed by atoms with Gasteiger partial charge >= 0.3 is 0 Å². The summed E-state index contributed by atoms with van der Waals surface area (Å²) < 4.78 is 0. The van der Waals surface area contributed by atoms with Crippen molar-refractivity contribution in [3.05, 3.63) is 63.1 Å². The first-order chi connectivity index (χ1) is 10.3. The van der Waals surface area contributed by atoms with Crippen LogP contribution in [0.1, 0.15) is 15.2 Å². The predicted molar refractivity (Wildman–Crippen MR) is 85.9 cm³/mol. The Morgan fingerprint density at radius 1 is 1.48 bits per heavy atom. The fourth-order valence-electron chi connectivity index (χ4n) is 1.68. The number of nitriles is 1. The predicted octanol–water partition coefficient (Wildman–Crippen LogP) is 3.21. The van der Waals surface area contributed by atoms with Gasteiger partial charge in [0.05, 0.1) is 9.91 Å². The summed E-state index contributed by atoms with van der Waals surface area (Å²) in [6, 6.07) is 9.33. The third-order valence-corrected chi connectivity index (χ3v) is 4.32. The lowest BCUT2D eigenvalue weighted by molar-refractivity contribution is 0.104. The molecule has 0 spiro atoms. The molecule has 0 unspecified atom stereocenters. The van der Waals surface area contributed by atoms with Crippen LogP contribution in [0.4, 0.5) is 0 Å². The van der Waals surface area contributed by atoms with Gasteiger partial charge in [0.2, 0.25) is 5.78 Å². The number of hydrogen-bond donors (Lipinski definition) is 1. The van der Waals surface area contributed by atoms with Gasteiger partial charge < -0.3 is 5.32 Å². The standard InChI is InChI=1S/C15H13N3OS2/c1-20-15(18-10-11-4-2-6-17-9-11)12(8-16)14(19)13-5-3-7-21-13/h2-7,9,18H,10H2,1H3. The molecule has 2 aromatic rings. The molecule has 0 aliphatic rings. The van der Waals surface area contributed by atoms with Gasteiger partial charge in [0.1, 0.15) is 11.6 Å². The second-order valence-corrected chi connectivity index (χ2v) is 5.81. The molecule has 0 aliphatic carbocycles. The summed E-state index contributed by atoms with van der Waals surface area (Å²) in [4.78, 5) is 16.9. The normalized spacial score (nSPS) is 11.4. The van der Waals surface area contributed by atoms with E-state index >= 15 is 0 Å². The number of carbonyl (C=O) groups is 1. The van der Waals surface area contributed by atoms with Gasteiger partial charge in [-0.25, -0.2) is 0 Å². The fraction of sp³-hybridized carbons (Fsp3) is 0.133. The summed E-state index contributed by atoms with van der Waals surface area (Å²) in [6.07, 6.45) is 5.29. The number of nitrogens with one attached hydrogen (secondary N) is 1. The number of nitrogens with zero attached hydrogens (tertiary/aromatic N) is 2. The maximum absolute atomic E-state index is 12.3. The molecule has 1 N–H and O–H groups in total. The minimum atomic E-state index is -0.240. The Kier molecular flexibility index (Phi) is 5.55. The van der Waals surface area contributed by atoms with Gasteiger partial charge in [0, 0.05) is 18.9 Å². The summed E-state index contributed by atoms with van der Waals surface area (Å²) in [7, 11) is 0. The molecule has 0 saturated heterocycles. The minimum absolute atomic E-state index is 0.147. The van der Waals surface area contributed by atoms with Gasteiger partial charge in [-0.15, -0.1) is 23.1 Å². The number of allylic oxidation sites excluding steroid dienone is 1. The van der Waals surface area contributed by atoms with Crippen LogP contribution in [0.3, 0.4) is 0 Å². The van der Waals surface area contributed by atoms with Gasteiger partial charge in [-0.3, -0.25) is 9.78 Å². The molecule has 106 valence electrons. The van der Waals surface area contributed by atoms with E-state index in [2.05, 4.69) is 10.3 Å². The van der Waals surface area contributed by atoms with E-state index in [1.807, 2.05) is 29.8 Å². The van der Waals surface area contributed by atoms with Crippen LogP contribution < -0.4 is 5.32 Å². The number of hydrogen-bond acceptors (Lipinski definition) is 6. The molecule has 0 amide bonds. The zero-order valence-electron chi connectivity index (χ0n) is 11.4. The molecule has 4 nitrogen and oxygen atoms in total. The van der Waals surface area contributed by atoms with E-state index in [4.69, 9.17) is 0 Å². The highest BCUT2D eigenvalue weighted by Crippen LogP contribution is 2.21. The highest BCUT2D eigenvalue weighted by atomic mass is 32.2. The van der Waals surface area contributed by atoms with Crippen LogP contribution in [0.25, 0.3) is 0 Å². The number of pyridine rings is 1. The summed E-state index contributed by atoms with van der Waals surface area (Å²) in [6.45, 7) is 0.521. The highest BCUT2D eigenvalue weighted by molar-refractivity contribution is 8.02. The lowest BCUT2D eigenvalue weighted by atomic mass is 10.1. The molecule has 2 heterocycles. The Labute approximate surface area is 131 Å². The second kappa shape index (κ2) is 7.62. The van der Waals surface area contributed by atoms with Gasteiger partial charge in [-0.05, 0) is 29.3 Å². The van der Waals surface area contributed by atoms with E-state index in [1.54, 1.807) is 24.5 Å². The summed E-state index contributed by atoms with van der Waals surface area (Å²) >= 11 is 2.69. The number of thioether (sulfide) groups is 1. The highest BCUT2D eigenvalue weighted by Gasteiger charge is 2.17. The van der Waals surface area contributed by atoms with Crippen LogP contribution in [0.5, 0.6) is 0 Å². The third kappa shape index (κ3) is 3.94. The Bertz CT molecular complexity index is 673. The largest absolute Gasteiger partial charge is 0.375 e. The van der Waals surface area contributed by atoms with Crippen LogP contribution in [0.15, 0.2) is 52.6 Å². The topological polar surface area (TPSA) is 65.8 Å². The molecule has 2 rings (SSSR count). The summed E-state index contributed by atoms with van der Waals surface area (Å²) in [5.74, 6) is -0.240. The maximum atomic E-state index is 12.3. The average Bonchev–Trinajstić information content (AvgIpc) is 3.06. The van der Waals surface area contributed by atoms with Crippen molar-refractivity contribution >= 4 is 28.9 Å². The van der Waals surface area contributed by atoms with E-state index in [-0.39, 0.29) is 11.4 Å². The zero-order chi connectivity index (χ0) is 15.1. The molecule has 0 radical (unpaired) electrons. The maximum Gasteiger partial charge on any atom is 0.216 e. The molecule has 0 aromatic carbocycles. The fourth-order valence-corrected chi connectivity index (χ4v) is 2.91. The minimum Gasteiger partial charge on any atom is -0.375 e. The van der Waals surface area contributed by atoms with Crippen LogP contribution in [-0.4, -0.2) is 17.0 Å². The molecular formula is C15H13N3OS2. The average molecular weight is 315 g/mol. The molecule has 6 heteroatoms. The number of carbonyl (C=O) groups excluding carboxylic acids is 1. The quantitative estimate of drug-likeness (QED) is 0.504. The molecular weight excluding hydrogens is 302 g/mol. The molecule has 0 atom stereocenters. The SMILES string of the molecule is CSC(NCc1cccnc1)=C(C#N)C(=O)c1cccs1. The van der Waals surface area contributed by atoms with Crippen molar-refractivity contribution in [1.82, 2.24) is 10.3 Å². The van der Waals surface area contributed by atoms with E-state index in [0.717, 1.165) is 5.56 Å². The Morgan fingerprint density at radius 3 is 2.90 bits per heavy atom. The molecule has 0 fully saturated rings. The van der Waals surface area contributed by atoms with Crippen molar-refractivity contribution in [2.75, 3.05) is 6.26 Å².